The van der Waals surface area contributed by atoms with E-state index in [1.807, 2.05) is 6.92 Å². The molecular weight excluding hydrogens is 420 g/mol. The molecule has 0 amide bonds. The molecule has 0 saturated heterocycles. The molecule has 6 heteroatoms. The zero-order valence-electron chi connectivity index (χ0n) is 19.9. The summed E-state index contributed by atoms with van der Waals surface area (Å²) >= 11 is 0. The van der Waals surface area contributed by atoms with Crippen LogP contribution >= 0.6 is 0 Å². The van der Waals surface area contributed by atoms with E-state index in [1.54, 1.807) is 43.5 Å². The fourth-order valence-electron chi connectivity index (χ4n) is 3.50. The average molecular weight is 458 g/mol. The number of benzene rings is 2. The number of hydrogen-bond donors (Lipinski definition) is 0. The minimum atomic E-state index is 0.562. The highest BCUT2D eigenvalue weighted by Gasteiger charge is 2.07. The Kier molecular flexibility index (Phi) is 12.5. The molecule has 0 radical (unpaired) electrons. The Hall–Kier alpha value is -3.02. The van der Waals surface area contributed by atoms with Gasteiger partial charge in [0.1, 0.15) is 6.29 Å². The van der Waals surface area contributed by atoms with Crippen LogP contribution in [0.4, 0.5) is 0 Å². The smallest absolute Gasteiger partial charge is 0.312 e. The fourth-order valence-corrected chi connectivity index (χ4v) is 3.50. The van der Waals surface area contributed by atoms with Crippen molar-refractivity contribution in [3.63, 3.8) is 0 Å². The Morgan fingerprint density at radius 1 is 0.697 bits per heavy atom. The van der Waals surface area contributed by atoms with E-state index in [9.17, 15) is 4.79 Å². The highest BCUT2D eigenvalue weighted by molar-refractivity contribution is 5.77. The fraction of sp³-hybridized carbons (Fsp3) is 0.481. The summed E-state index contributed by atoms with van der Waals surface area (Å²) in [4.78, 5) is 20.1. The summed E-state index contributed by atoms with van der Waals surface area (Å²) in [6.45, 7) is 3.75. The Morgan fingerprint density at radius 2 is 1.21 bits per heavy atom. The molecule has 0 saturated carbocycles. The number of carbonyl (C=O) groups is 1. The molecule has 6 nitrogen and oxygen atoms in total. The topological polar surface area (TPSA) is 75.4 Å². The minimum absolute atomic E-state index is 0.562. The molecule has 0 spiro atoms. The van der Waals surface area contributed by atoms with Gasteiger partial charge in [0, 0.05) is 5.56 Å². The molecular formula is C27H37O6+. The maximum Gasteiger partial charge on any atom is 0.312 e. The lowest BCUT2D eigenvalue weighted by Crippen LogP contribution is -2.02. The van der Waals surface area contributed by atoms with Crippen molar-refractivity contribution in [2.24, 2.45) is 0 Å². The van der Waals surface area contributed by atoms with Crippen LogP contribution in [0.15, 0.2) is 36.4 Å². The monoisotopic (exact) mass is 457 g/mol. The first-order chi connectivity index (χ1) is 16.2. The van der Waals surface area contributed by atoms with Gasteiger partial charge in [-0.3, -0.25) is 9.59 Å². The molecule has 2 aromatic carbocycles. The van der Waals surface area contributed by atoms with Crippen molar-refractivity contribution in [2.45, 2.75) is 58.3 Å². The molecule has 0 unspecified atom stereocenters. The van der Waals surface area contributed by atoms with E-state index in [2.05, 4.69) is 0 Å². The summed E-state index contributed by atoms with van der Waals surface area (Å²) in [7, 11) is 1.61. The third kappa shape index (κ3) is 9.56. The molecule has 2 rings (SSSR count). The second kappa shape index (κ2) is 15.7. The number of aldehydes is 2. The van der Waals surface area contributed by atoms with E-state index in [0.717, 1.165) is 38.3 Å². The summed E-state index contributed by atoms with van der Waals surface area (Å²) in [6, 6.07) is 10.6. The van der Waals surface area contributed by atoms with E-state index >= 15 is 0 Å². The maximum atomic E-state index is 11.0. The van der Waals surface area contributed by atoms with Gasteiger partial charge in [-0.2, -0.15) is 0 Å². The van der Waals surface area contributed by atoms with Crippen molar-refractivity contribution in [3.05, 3.63) is 47.5 Å². The van der Waals surface area contributed by atoms with Crippen LogP contribution in [0.1, 0.15) is 74.2 Å². The van der Waals surface area contributed by atoms with Crippen LogP contribution in [0.3, 0.4) is 0 Å². The molecule has 180 valence electrons. The Labute approximate surface area is 197 Å². The summed E-state index contributed by atoms with van der Waals surface area (Å²) in [5, 5.41) is 0. The first kappa shape index (κ1) is 26.2. The zero-order chi connectivity index (χ0) is 23.7. The normalized spacial score (nSPS) is 10.5. The predicted octanol–water partition coefficient (Wildman–Crippen LogP) is 6.01. The number of rotatable bonds is 18. The summed E-state index contributed by atoms with van der Waals surface area (Å²) in [6.07, 6.45) is 10.9. The highest BCUT2D eigenvalue weighted by atomic mass is 16.5. The van der Waals surface area contributed by atoms with Gasteiger partial charge < -0.3 is 18.9 Å². The van der Waals surface area contributed by atoms with Gasteiger partial charge in [-0.05, 0) is 56.2 Å². The molecule has 0 heterocycles. The summed E-state index contributed by atoms with van der Waals surface area (Å²) in [5.74, 6) is 2.66. The summed E-state index contributed by atoms with van der Waals surface area (Å²) < 4.78 is 22.5. The van der Waals surface area contributed by atoms with E-state index < -0.39 is 0 Å². The molecule has 0 aromatic heterocycles. The zero-order valence-corrected chi connectivity index (χ0v) is 19.9. The van der Waals surface area contributed by atoms with Crippen molar-refractivity contribution < 1.29 is 28.5 Å². The van der Waals surface area contributed by atoms with Crippen molar-refractivity contribution >= 4 is 12.6 Å². The van der Waals surface area contributed by atoms with Crippen LogP contribution in [-0.4, -0.2) is 44.3 Å². The number of ether oxygens (including phenoxy) is 4. The van der Waals surface area contributed by atoms with Crippen molar-refractivity contribution in [2.75, 3.05) is 26.9 Å². The second-order valence-electron chi connectivity index (χ2n) is 7.82. The molecule has 0 aliphatic carbocycles. The number of hydrogen-bond acceptors (Lipinski definition) is 5. The lowest BCUT2D eigenvalue weighted by atomic mass is 10.1. The predicted molar refractivity (Wildman–Crippen MR) is 131 cm³/mol. The molecule has 2 aromatic rings. The number of unbranched alkanes of at least 4 members (excludes halogenated alkanes) is 7. The first-order valence-electron chi connectivity index (χ1n) is 11.8. The van der Waals surface area contributed by atoms with Gasteiger partial charge in [0.05, 0.1) is 32.5 Å². The van der Waals surface area contributed by atoms with Gasteiger partial charge in [-0.1, -0.05) is 38.5 Å². The van der Waals surface area contributed by atoms with Gasteiger partial charge in [0.2, 0.25) is 0 Å². The van der Waals surface area contributed by atoms with Crippen LogP contribution in [0.2, 0.25) is 0 Å². The van der Waals surface area contributed by atoms with Crippen molar-refractivity contribution in [3.8, 4) is 23.0 Å². The Morgan fingerprint density at radius 3 is 1.76 bits per heavy atom. The highest BCUT2D eigenvalue weighted by Crippen LogP contribution is 2.29. The lowest BCUT2D eigenvalue weighted by molar-refractivity contribution is 0.112. The third-order valence-corrected chi connectivity index (χ3v) is 5.29. The SMILES string of the molecule is CCOc1ccc(C=O)cc1OCCCCCCCCCCOc1cc(C=[OH+])ccc1OC. The number of methoxy groups -OCH3 is 1. The Balaban J connectivity index is 1.51. The molecule has 0 aliphatic rings. The van der Waals surface area contributed by atoms with E-state index in [0.29, 0.717) is 53.9 Å². The van der Waals surface area contributed by atoms with Crippen molar-refractivity contribution in [1.82, 2.24) is 0 Å². The molecule has 0 atom stereocenters. The maximum absolute atomic E-state index is 11.0. The molecule has 0 fully saturated rings. The van der Waals surface area contributed by atoms with Crippen LogP contribution < -0.4 is 18.9 Å². The quantitative estimate of drug-likeness (QED) is 0.156. The van der Waals surface area contributed by atoms with Gasteiger partial charge in [0.25, 0.3) is 0 Å². The van der Waals surface area contributed by atoms with Gasteiger partial charge in [-0.25, -0.2) is 0 Å². The summed E-state index contributed by atoms with van der Waals surface area (Å²) in [5.41, 5.74) is 1.29. The number of carbonyl (C=O) groups excluding carboxylic acids is 2. The first-order valence-corrected chi connectivity index (χ1v) is 11.8. The van der Waals surface area contributed by atoms with Gasteiger partial charge in [0.15, 0.2) is 23.0 Å². The van der Waals surface area contributed by atoms with Crippen LogP contribution in [0, 0.1) is 0 Å². The molecule has 1 N–H and O–H groups in total. The standard InChI is InChI=1S/C27H36O6/c1-3-31-25-15-13-23(21-29)19-27(25)33-17-11-9-7-5-4-6-8-10-16-32-26-18-22(20-28)12-14-24(26)30-2/h12-15,18-21H,3-11,16-17H2,1-2H3/p+1. The molecule has 33 heavy (non-hydrogen) atoms. The van der Waals surface area contributed by atoms with E-state index in [4.69, 9.17) is 23.7 Å². The Bertz CT molecular complexity index is 849. The van der Waals surface area contributed by atoms with E-state index in [1.165, 1.54) is 25.7 Å². The minimum Gasteiger partial charge on any atom is -0.493 e. The van der Waals surface area contributed by atoms with Crippen molar-refractivity contribution in [1.29, 1.82) is 0 Å². The largest absolute Gasteiger partial charge is 0.493 e. The molecule has 0 aliphatic heterocycles. The van der Waals surface area contributed by atoms with Gasteiger partial charge in [-0.15, -0.1) is 0 Å². The van der Waals surface area contributed by atoms with E-state index in [-0.39, 0.29) is 0 Å². The van der Waals surface area contributed by atoms with Crippen LogP contribution in [0.25, 0.3) is 0 Å². The van der Waals surface area contributed by atoms with Gasteiger partial charge >= 0.3 is 6.29 Å². The third-order valence-electron chi connectivity index (χ3n) is 5.29. The molecule has 0 bridgehead atoms. The van der Waals surface area contributed by atoms with Crippen LogP contribution in [-0.2, 0) is 0 Å². The lowest BCUT2D eigenvalue weighted by Gasteiger charge is -2.12. The average Bonchev–Trinajstić information content (AvgIpc) is 2.85. The second-order valence-corrected chi connectivity index (χ2v) is 7.82. The van der Waals surface area contributed by atoms with Crippen LogP contribution in [0.5, 0.6) is 23.0 Å².